The third-order valence-electron chi connectivity index (χ3n) is 8.29. The molecule has 39 heavy (non-hydrogen) atoms. The molecule has 2 bridgehead atoms. The number of carbonyl (C=O) groups is 2. The van der Waals surface area contributed by atoms with Gasteiger partial charge in [0.05, 0.1) is 28.3 Å². The molecule has 1 aromatic carbocycles. The monoisotopic (exact) mass is 560 g/mol. The number of non-ortho nitro benzene ring substituents is 1. The van der Waals surface area contributed by atoms with Crippen molar-refractivity contribution in [1.29, 1.82) is 0 Å². The number of nitrogens with zero attached hydrogens (tertiary/aromatic N) is 5. The number of nitro groups is 1. The van der Waals surface area contributed by atoms with Gasteiger partial charge in [0.25, 0.3) is 11.6 Å². The third kappa shape index (κ3) is 5.46. The fraction of sp³-hybridized carbons (Fsp3) is 0.520. The molecule has 14 heteroatoms. The maximum absolute atomic E-state index is 14.4. The Morgan fingerprint density at radius 2 is 2.00 bits per heavy atom. The number of amides is 2. The molecule has 1 saturated heterocycles. The van der Waals surface area contributed by atoms with E-state index in [-0.39, 0.29) is 40.1 Å². The lowest BCUT2D eigenvalue weighted by Gasteiger charge is -2.36. The maximum Gasteiger partial charge on any atom is 0.270 e. The van der Waals surface area contributed by atoms with E-state index in [1.54, 1.807) is 6.07 Å². The first-order valence-electron chi connectivity index (χ1n) is 12.9. The van der Waals surface area contributed by atoms with Gasteiger partial charge in [0, 0.05) is 50.9 Å². The number of carbonyl (C=O) groups excluding carboxylic acids is 2. The predicted octanol–water partition coefficient (Wildman–Crippen LogP) is 1.90. The van der Waals surface area contributed by atoms with E-state index in [4.69, 9.17) is 17.3 Å². The lowest BCUT2D eigenvalue weighted by atomic mass is 9.77. The number of nitro benzene ring substituents is 1. The number of rotatable bonds is 8. The van der Waals surface area contributed by atoms with Crippen LogP contribution in [-0.2, 0) is 4.79 Å². The molecule has 12 nitrogen and oxygen atoms in total. The molecule has 5 rings (SSSR count). The Labute approximate surface area is 229 Å². The van der Waals surface area contributed by atoms with Gasteiger partial charge >= 0.3 is 0 Å². The number of piperazine rings is 1. The average Bonchev–Trinajstić information content (AvgIpc) is 3.48. The number of primary amides is 1. The summed E-state index contributed by atoms with van der Waals surface area (Å²) in [5.74, 6) is -2.31. The van der Waals surface area contributed by atoms with Gasteiger partial charge in [-0.25, -0.2) is 9.37 Å². The summed E-state index contributed by atoms with van der Waals surface area (Å²) in [7, 11) is 2.02. The van der Waals surface area contributed by atoms with Crippen molar-refractivity contribution in [1.82, 2.24) is 20.2 Å². The zero-order valence-electron chi connectivity index (χ0n) is 21.3. The number of anilines is 2. The molecule has 0 radical (unpaired) electrons. The number of nitrogens with one attached hydrogen (secondary N) is 2. The van der Waals surface area contributed by atoms with Gasteiger partial charge in [-0.2, -0.15) is 4.98 Å². The molecule has 5 atom stereocenters. The number of halogens is 2. The molecule has 0 spiro atoms. The smallest absolute Gasteiger partial charge is 0.270 e. The summed E-state index contributed by atoms with van der Waals surface area (Å²) in [4.78, 5) is 48.4. The molecule has 2 aromatic rings. The maximum atomic E-state index is 14.4. The van der Waals surface area contributed by atoms with Gasteiger partial charge in [-0.05, 0) is 55.3 Å². The van der Waals surface area contributed by atoms with Crippen molar-refractivity contribution >= 4 is 40.6 Å². The summed E-state index contributed by atoms with van der Waals surface area (Å²) in [6.45, 7) is 3.33. The average molecular weight is 561 g/mol. The minimum atomic E-state index is -0.697. The Kier molecular flexibility index (Phi) is 7.54. The van der Waals surface area contributed by atoms with Crippen LogP contribution in [0.5, 0.6) is 0 Å². The van der Waals surface area contributed by atoms with E-state index in [2.05, 4.69) is 30.4 Å². The molecule has 1 aliphatic heterocycles. The molecule has 0 unspecified atom stereocenters. The molecular weight excluding hydrogens is 531 g/mol. The lowest BCUT2D eigenvalue weighted by Crippen LogP contribution is -2.47. The zero-order chi connectivity index (χ0) is 27.8. The first kappa shape index (κ1) is 27.0. The van der Waals surface area contributed by atoms with Crippen LogP contribution in [0.1, 0.15) is 23.2 Å². The number of hydrogen-bond donors (Lipinski definition) is 3. The van der Waals surface area contributed by atoms with Crippen molar-refractivity contribution in [2.24, 2.45) is 29.4 Å². The Morgan fingerprint density at radius 1 is 1.26 bits per heavy atom. The molecule has 1 aromatic heterocycles. The van der Waals surface area contributed by atoms with Crippen molar-refractivity contribution in [3.8, 4) is 0 Å². The van der Waals surface area contributed by atoms with Crippen molar-refractivity contribution < 1.29 is 18.9 Å². The van der Waals surface area contributed by atoms with Gasteiger partial charge in [-0.1, -0.05) is 0 Å². The predicted molar refractivity (Wildman–Crippen MR) is 142 cm³/mol. The highest BCUT2D eigenvalue weighted by molar-refractivity contribution is 6.28. The summed E-state index contributed by atoms with van der Waals surface area (Å²) in [6, 6.07) is 3.88. The normalized spacial score (nSPS) is 26.4. The van der Waals surface area contributed by atoms with Crippen LogP contribution in [0.25, 0.3) is 0 Å². The topological polar surface area (TPSA) is 160 Å². The highest BCUT2D eigenvalue weighted by Crippen LogP contribution is 2.52. The van der Waals surface area contributed by atoms with E-state index in [1.165, 1.54) is 12.1 Å². The van der Waals surface area contributed by atoms with E-state index in [0.717, 1.165) is 19.3 Å². The Balaban J connectivity index is 1.32. The second-order valence-electron chi connectivity index (χ2n) is 10.5. The number of hydrogen-bond acceptors (Lipinski definition) is 9. The SMILES string of the molecule is CN1CCN(c2ccc([N+](=O)[O-])cc2C(=O)NC[C@@H]2C[C@@H]3C[C@H]2[C@@H](Nc2nc(Cl)ncc2F)[C@H]3C(N)=O)CC1. The molecule has 4 N–H and O–H groups in total. The van der Waals surface area contributed by atoms with E-state index < -0.39 is 34.5 Å². The number of aromatic nitrogens is 2. The fourth-order valence-electron chi connectivity index (χ4n) is 6.40. The van der Waals surface area contributed by atoms with Gasteiger partial charge < -0.3 is 26.2 Å². The highest BCUT2D eigenvalue weighted by atomic mass is 35.5. The molecule has 2 heterocycles. The number of likely N-dealkylation sites (N-methyl/N-ethyl adjacent to an activating group) is 1. The molecule has 3 fully saturated rings. The van der Waals surface area contributed by atoms with Crippen LogP contribution in [0, 0.1) is 39.6 Å². The summed E-state index contributed by atoms with van der Waals surface area (Å²) in [5, 5.41) is 17.3. The third-order valence-corrected chi connectivity index (χ3v) is 8.48. The summed E-state index contributed by atoms with van der Waals surface area (Å²) in [5.41, 5.74) is 6.46. The van der Waals surface area contributed by atoms with Crippen LogP contribution >= 0.6 is 11.6 Å². The number of benzene rings is 1. The van der Waals surface area contributed by atoms with Crippen molar-refractivity contribution in [2.45, 2.75) is 18.9 Å². The van der Waals surface area contributed by atoms with Crippen molar-refractivity contribution in [2.75, 3.05) is 50.0 Å². The molecule has 3 aliphatic rings. The molecule has 208 valence electrons. The second-order valence-corrected chi connectivity index (χ2v) is 10.9. The van der Waals surface area contributed by atoms with Gasteiger partial charge in [-0.15, -0.1) is 0 Å². The van der Waals surface area contributed by atoms with E-state index in [9.17, 15) is 24.1 Å². The minimum absolute atomic E-state index is 0.0156. The molecular formula is C25H30ClFN8O4. The number of fused-ring (bicyclic) bond motifs is 2. The van der Waals surface area contributed by atoms with Gasteiger partial charge in [0.2, 0.25) is 11.2 Å². The van der Waals surface area contributed by atoms with E-state index >= 15 is 0 Å². The first-order chi connectivity index (χ1) is 18.6. The Morgan fingerprint density at radius 3 is 2.69 bits per heavy atom. The van der Waals surface area contributed by atoms with Crippen LogP contribution in [0.2, 0.25) is 5.28 Å². The summed E-state index contributed by atoms with van der Waals surface area (Å²) >= 11 is 5.84. The standard InChI is InChI=1S/C25H30ClFN8O4/c1-33-4-6-34(7-5-33)19-3-2-15(35(38)39)10-17(19)24(37)29-11-14-8-13-9-16(14)21(20(13)22(28)36)31-23-18(27)12-30-25(26)32-23/h2-3,10,12-14,16,20-21H,4-9,11H2,1H3,(H2,28,36)(H,29,37)(H,30,31,32)/t13-,14+,16-,20+,21-/m1/s1. The minimum Gasteiger partial charge on any atom is -0.369 e. The lowest BCUT2D eigenvalue weighted by molar-refractivity contribution is -0.384. The Bertz CT molecular complexity index is 1290. The fourth-order valence-corrected chi connectivity index (χ4v) is 6.53. The molecule has 2 saturated carbocycles. The largest absolute Gasteiger partial charge is 0.369 e. The van der Waals surface area contributed by atoms with Crippen LogP contribution in [0.15, 0.2) is 24.4 Å². The van der Waals surface area contributed by atoms with Gasteiger partial charge in [-0.3, -0.25) is 19.7 Å². The second kappa shape index (κ2) is 10.9. The zero-order valence-corrected chi connectivity index (χ0v) is 22.1. The van der Waals surface area contributed by atoms with Gasteiger partial charge in [0.15, 0.2) is 11.6 Å². The first-order valence-corrected chi connectivity index (χ1v) is 13.2. The molecule has 2 aliphatic carbocycles. The van der Waals surface area contributed by atoms with Crippen LogP contribution in [-0.4, -0.2) is 77.4 Å². The van der Waals surface area contributed by atoms with Gasteiger partial charge in [0.1, 0.15) is 0 Å². The van der Waals surface area contributed by atoms with E-state index in [1.807, 2.05) is 7.05 Å². The number of nitrogens with two attached hydrogens (primary N) is 1. The Hall–Kier alpha value is -3.58. The van der Waals surface area contributed by atoms with E-state index in [0.29, 0.717) is 38.2 Å². The highest BCUT2D eigenvalue weighted by Gasteiger charge is 2.55. The van der Waals surface area contributed by atoms with Crippen LogP contribution in [0.4, 0.5) is 21.6 Å². The summed E-state index contributed by atoms with van der Waals surface area (Å²) in [6.07, 6.45) is 2.32. The summed E-state index contributed by atoms with van der Waals surface area (Å²) < 4.78 is 14.4. The van der Waals surface area contributed by atoms with Crippen LogP contribution < -0.4 is 21.3 Å². The molecule has 2 amide bonds. The van der Waals surface area contributed by atoms with Crippen molar-refractivity contribution in [3.05, 3.63) is 51.2 Å². The van der Waals surface area contributed by atoms with Crippen molar-refractivity contribution in [3.63, 3.8) is 0 Å². The quantitative estimate of drug-likeness (QED) is 0.249. The van der Waals surface area contributed by atoms with Crippen LogP contribution in [0.3, 0.4) is 0 Å².